The highest BCUT2D eigenvalue weighted by Gasteiger charge is 2.27. The second kappa shape index (κ2) is 8.60. The van der Waals surface area contributed by atoms with Crippen LogP contribution >= 0.6 is 0 Å². The summed E-state index contributed by atoms with van der Waals surface area (Å²) in [7, 11) is 0. The Morgan fingerprint density at radius 3 is 1.78 bits per heavy atom. The molecule has 5 N–H and O–H groups in total. The monoisotopic (exact) mass is 258 g/mol. The molecule has 6 nitrogen and oxygen atoms in total. The molecule has 0 heterocycles. The Hall–Kier alpha value is -1.47. The highest BCUT2D eigenvalue weighted by atomic mass is 16.4. The lowest BCUT2D eigenvalue weighted by atomic mass is 10.1. The van der Waals surface area contributed by atoms with Crippen molar-refractivity contribution in [1.82, 2.24) is 0 Å². The third-order valence-corrected chi connectivity index (χ3v) is 2.09. The third kappa shape index (κ3) is 6.31. The number of aldehydes is 1. The van der Waals surface area contributed by atoms with Crippen molar-refractivity contribution in [3.8, 4) is 5.75 Å². The van der Waals surface area contributed by atoms with E-state index in [1.54, 1.807) is 24.3 Å². The van der Waals surface area contributed by atoms with Gasteiger partial charge in [0.2, 0.25) is 0 Å². The summed E-state index contributed by atoms with van der Waals surface area (Å²) in [5.74, 6) is 0.322. The van der Waals surface area contributed by atoms with Crippen molar-refractivity contribution in [1.29, 1.82) is 0 Å². The van der Waals surface area contributed by atoms with Crippen LogP contribution in [0.15, 0.2) is 30.3 Å². The van der Waals surface area contributed by atoms with Gasteiger partial charge in [-0.15, -0.1) is 0 Å². The van der Waals surface area contributed by atoms with Crippen LogP contribution in [0.3, 0.4) is 0 Å². The van der Waals surface area contributed by atoms with E-state index in [4.69, 9.17) is 25.5 Å². The van der Waals surface area contributed by atoms with E-state index < -0.39 is 24.4 Å². The molecule has 0 bridgehead atoms. The molecule has 4 unspecified atom stereocenters. The Labute approximate surface area is 105 Å². The first-order valence-electron chi connectivity index (χ1n) is 5.31. The summed E-state index contributed by atoms with van der Waals surface area (Å²) in [5.41, 5.74) is 0. The highest BCUT2D eigenvalue weighted by molar-refractivity contribution is 5.56. The maximum absolute atomic E-state index is 9.87. The fourth-order valence-electron chi connectivity index (χ4n) is 0.996. The molecule has 4 atom stereocenters. The lowest BCUT2D eigenvalue weighted by Crippen LogP contribution is -2.43. The van der Waals surface area contributed by atoms with Gasteiger partial charge in [0, 0.05) is 0 Å². The number of hydrogen-bond acceptors (Lipinski definition) is 6. The first-order chi connectivity index (χ1) is 8.40. The summed E-state index contributed by atoms with van der Waals surface area (Å²) in [6.07, 6.45) is -5.88. The minimum Gasteiger partial charge on any atom is -0.508 e. The Balaban J connectivity index is 0.000000351. The number of carbonyl (C=O) groups is 1. The Morgan fingerprint density at radius 2 is 1.50 bits per heavy atom. The SMILES string of the molecule is CC(O)C(O)C(O)C(O)C=O.Oc1ccccc1. The first-order valence-corrected chi connectivity index (χ1v) is 5.31. The van der Waals surface area contributed by atoms with Crippen molar-refractivity contribution in [2.45, 2.75) is 31.3 Å². The second-order valence-electron chi connectivity index (χ2n) is 3.68. The van der Waals surface area contributed by atoms with Gasteiger partial charge < -0.3 is 30.3 Å². The van der Waals surface area contributed by atoms with Crippen molar-refractivity contribution in [3.63, 3.8) is 0 Å². The Kier molecular flexibility index (Phi) is 7.89. The zero-order valence-corrected chi connectivity index (χ0v) is 9.92. The fourth-order valence-corrected chi connectivity index (χ4v) is 0.996. The van der Waals surface area contributed by atoms with Crippen molar-refractivity contribution >= 4 is 6.29 Å². The molecule has 0 saturated carbocycles. The van der Waals surface area contributed by atoms with Gasteiger partial charge in [0.25, 0.3) is 0 Å². The largest absolute Gasteiger partial charge is 0.508 e. The highest BCUT2D eigenvalue weighted by Crippen LogP contribution is 2.03. The predicted molar refractivity (Wildman–Crippen MR) is 63.9 cm³/mol. The maximum atomic E-state index is 9.87. The summed E-state index contributed by atoms with van der Waals surface area (Å²) in [4.78, 5) is 9.87. The molecule has 102 valence electrons. The van der Waals surface area contributed by atoms with Crippen LogP contribution in [0.5, 0.6) is 5.75 Å². The number of carbonyl (C=O) groups excluding carboxylic acids is 1. The molecule has 0 aliphatic rings. The summed E-state index contributed by atoms with van der Waals surface area (Å²) < 4.78 is 0. The Bertz CT molecular complexity index is 327. The summed E-state index contributed by atoms with van der Waals surface area (Å²) in [6, 6.07) is 8.71. The molecule has 0 amide bonds. The van der Waals surface area contributed by atoms with Crippen LogP contribution in [0.1, 0.15) is 6.92 Å². The Morgan fingerprint density at radius 1 is 1.00 bits per heavy atom. The van der Waals surface area contributed by atoms with Crippen molar-refractivity contribution < 1.29 is 30.3 Å². The summed E-state index contributed by atoms with van der Waals surface area (Å²) in [5, 5.41) is 43.7. The zero-order chi connectivity index (χ0) is 14.1. The molecular formula is C12H18O6. The van der Waals surface area contributed by atoms with Gasteiger partial charge in [-0.25, -0.2) is 0 Å². The van der Waals surface area contributed by atoms with Gasteiger partial charge in [-0.05, 0) is 19.1 Å². The van der Waals surface area contributed by atoms with E-state index in [2.05, 4.69) is 0 Å². The van der Waals surface area contributed by atoms with Gasteiger partial charge in [0.1, 0.15) is 24.1 Å². The molecule has 1 aromatic rings. The van der Waals surface area contributed by atoms with Crippen LogP contribution in [0, 0.1) is 0 Å². The number of aromatic hydroxyl groups is 1. The smallest absolute Gasteiger partial charge is 0.151 e. The lowest BCUT2D eigenvalue weighted by Gasteiger charge is -2.21. The minimum absolute atomic E-state index is 0.0935. The average molecular weight is 258 g/mol. The summed E-state index contributed by atoms with van der Waals surface area (Å²) in [6.45, 7) is 1.24. The second-order valence-corrected chi connectivity index (χ2v) is 3.68. The molecule has 0 aromatic heterocycles. The van der Waals surface area contributed by atoms with E-state index in [1.807, 2.05) is 6.07 Å². The van der Waals surface area contributed by atoms with Crippen molar-refractivity contribution in [2.75, 3.05) is 0 Å². The van der Waals surface area contributed by atoms with Crippen LogP contribution in [-0.2, 0) is 4.79 Å². The molecular weight excluding hydrogens is 240 g/mol. The number of phenolic OH excluding ortho intramolecular Hbond substituents is 1. The van der Waals surface area contributed by atoms with Gasteiger partial charge in [0.15, 0.2) is 6.29 Å². The normalized spacial score (nSPS) is 16.7. The standard InChI is InChI=1S/C6H12O5.C6H6O/c1-3(8)5(10)6(11)4(9)2-7;7-6-4-2-1-3-5-6/h2-6,8-11H,1H3;1-5,7H. The lowest BCUT2D eigenvalue weighted by molar-refractivity contribution is -0.132. The molecule has 0 spiro atoms. The van der Waals surface area contributed by atoms with E-state index in [9.17, 15) is 4.79 Å². The van der Waals surface area contributed by atoms with Gasteiger partial charge in [-0.3, -0.25) is 0 Å². The van der Waals surface area contributed by atoms with E-state index in [1.165, 1.54) is 6.92 Å². The minimum atomic E-state index is -1.65. The van der Waals surface area contributed by atoms with E-state index in [0.29, 0.717) is 5.75 Å². The number of hydrogen-bond donors (Lipinski definition) is 5. The molecule has 18 heavy (non-hydrogen) atoms. The van der Waals surface area contributed by atoms with E-state index >= 15 is 0 Å². The quantitative estimate of drug-likeness (QED) is 0.444. The number of aliphatic hydroxyl groups is 4. The number of benzene rings is 1. The maximum Gasteiger partial charge on any atom is 0.151 e. The van der Waals surface area contributed by atoms with Gasteiger partial charge in [-0.2, -0.15) is 0 Å². The molecule has 0 radical (unpaired) electrons. The van der Waals surface area contributed by atoms with E-state index in [-0.39, 0.29) is 6.29 Å². The van der Waals surface area contributed by atoms with Crippen LogP contribution in [0.4, 0.5) is 0 Å². The van der Waals surface area contributed by atoms with Crippen LogP contribution in [0.2, 0.25) is 0 Å². The fraction of sp³-hybridized carbons (Fsp3) is 0.417. The van der Waals surface area contributed by atoms with Gasteiger partial charge in [0.05, 0.1) is 6.10 Å². The number of phenols is 1. The number of aliphatic hydroxyl groups excluding tert-OH is 4. The molecule has 6 heteroatoms. The molecule has 1 rings (SSSR count). The van der Waals surface area contributed by atoms with Crippen LogP contribution < -0.4 is 0 Å². The zero-order valence-electron chi connectivity index (χ0n) is 9.92. The summed E-state index contributed by atoms with van der Waals surface area (Å²) >= 11 is 0. The third-order valence-electron chi connectivity index (χ3n) is 2.09. The van der Waals surface area contributed by atoms with Crippen LogP contribution in [0.25, 0.3) is 0 Å². The van der Waals surface area contributed by atoms with E-state index in [0.717, 1.165) is 0 Å². The molecule has 0 aliphatic carbocycles. The van der Waals surface area contributed by atoms with Gasteiger partial charge >= 0.3 is 0 Å². The van der Waals surface area contributed by atoms with Gasteiger partial charge in [-0.1, -0.05) is 18.2 Å². The molecule has 0 saturated heterocycles. The number of para-hydroxylation sites is 1. The van der Waals surface area contributed by atoms with Crippen molar-refractivity contribution in [2.24, 2.45) is 0 Å². The first kappa shape index (κ1) is 16.5. The molecule has 0 aliphatic heterocycles. The topological polar surface area (TPSA) is 118 Å². The average Bonchev–Trinajstić information content (AvgIpc) is 2.37. The van der Waals surface area contributed by atoms with Crippen LogP contribution in [-0.4, -0.2) is 56.2 Å². The molecule has 0 fully saturated rings. The molecule has 1 aromatic carbocycles. The predicted octanol–water partition coefficient (Wildman–Crippen LogP) is -0.959. The number of rotatable bonds is 4. The van der Waals surface area contributed by atoms with Crippen molar-refractivity contribution in [3.05, 3.63) is 30.3 Å².